The third-order valence-corrected chi connectivity index (χ3v) is 4.45. The molecule has 2 aromatic carbocycles. The number of para-hydroxylation sites is 1. The number of carbonyl (C=O) groups is 1. The average Bonchev–Trinajstić information content (AvgIpc) is 2.68. The van der Waals surface area contributed by atoms with E-state index in [0.29, 0.717) is 35.3 Å². The van der Waals surface area contributed by atoms with Gasteiger partial charge in [0.25, 0.3) is 0 Å². The second-order valence-electron chi connectivity index (χ2n) is 7.56. The van der Waals surface area contributed by atoms with Crippen LogP contribution in [0.15, 0.2) is 48.5 Å². The molecule has 0 bridgehead atoms. The van der Waals surface area contributed by atoms with Crippen LogP contribution < -0.4 is 9.47 Å². The third-order valence-electron chi connectivity index (χ3n) is 4.45. The molecular formula is C24H24FNO4. The fourth-order valence-electron chi connectivity index (χ4n) is 2.96. The van der Waals surface area contributed by atoms with Crippen molar-refractivity contribution in [1.29, 1.82) is 0 Å². The number of benzene rings is 2. The number of halogens is 1. The van der Waals surface area contributed by atoms with E-state index in [1.807, 2.05) is 45.9 Å². The molecule has 3 aromatic rings. The van der Waals surface area contributed by atoms with E-state index in [9.17, 15) is 14.3 Å². The number of rotatable bonds is 7. The normalized spacial score (nSPS) is 10.9. The number of aromatic nitrogens is 1. The predicted molar refractivity (Wildman–Crippen MR) is 113 cm³/mol. The van der Waals surface area contributed by atoms with Gasteiger partial charge in [0.15, 0.2) is 0 Å². The van der Waals surface area contributed by atoms with Gasteiger partial charge in [-0.25, -0.2) is 14.2 Å². The van der Waals surface area contributed by atoms with Crippen molar-refractivity contribution >= 4 is 5.97 Å². The summed E-state index contributed by atoms with van der Waals surface area (Å²) in [7, 11) is 0. The Morgan fingerprint density at radius 1 is 1.10 bits per heavy atom. The van der Waals surface area contributed by atoms with Crippen molar-refractivity contribution in [1.82, 2.24) is 4.98 Å². The summed E-state index contributed by atoms with van der Waals surface area (Å²) in [6, 6.07) is 12.9. The smallest absolute Gasteiger partial charge is 0.341 e. The van der Waals surface area contributed by atoms with Gasteiger partial charge in [-0.3, -0.25) is 0 Å². The zero-order valence-electron chi connectivity index (χ0n) is 17.4. The minimum atomic E-state index is -1.16. The van der Waals surface area contributed by atoms with Crippen molar-refractivity contribution in [3.8, 4) is 28.6 Å². The highest BCUT2D eigenvalue weighted by Gasteiger charge is 2.18. The molecule has 3 rings (SSSR count). The van der Waals surface area contributed by atoms with E-state index < -0.39 is 11.8 Å². The van der Waals surface area contributed by atoms with Crippen molar-refractivity contribution < 1.29 is 23.8 Å². The molecule has 0 unspecified atom stereocenters. The fraction of sp³-hybridized carbons (Fsp3) is 0.250. The Labute approximate surface area is 175 Å². The number of carboxylic acid groups (broad SMARTS) is 1. The maximum Gasteiger partial charge on any atom is 0.341 e. The monoisotopic (exact) mass is 409 g/mol. The molecule has 0 aliphatic carbocycles. The minimum absolute atomic E-state index is 0.0497. The lowest BCUT2D eigenvalue weighted by atomic mass is 10.1. The van der Waals surface area contributed by atoms with Crippen molar-refractivity contribution in [3.05, 3.63) is 71.0 Å². The molecule has 0 amide bonds. The molecule has 0 spiro atoms. The van der Waals surface area contributed by atoms with Gasteiger partial charge in [-0.05, 0) is 55.2 Å². The zero-order chi connectivity index (χ0) is 21.8. The summed E-state index contributed by atoms with van der Waals surface area (Å²) in [6.45, 7) is 8.21. The van der Waals surface area contributed by atoms with Crippen molar-refractivity contribution in [2.75, 3.05) is 6.61 Å². The van der Waals surface area contributed by atoms with Gasteiger partial charge >= 0.3 is 5.97 Å². The first-order valence-corrected chi connectivity index (χ1v) is 9.66. The van der Waals surface area contributed by atoms with E-state index >= 15 is 0 Å². The van der Waals surface area contributed by atoms with E-state index in [1.54, 1.807) is 6.07 Å². The molecule has 6 heteroatoms. The maximum absolute atomic E-state index is 14.2. The Hall–Kier alpha value is -3.41. The molecular weight excluding hydrogens is 385 g/mol. The summed E-state index contributed by atoms with van der Waals surface area (Å²) < 4.78 is 25.7. The van der Waals surface area contributed by atoms with Gasteiger partial charge in [-0.2, -0.15) is 0 Å². The molecule has 5 nitrogen and oxygen atoms in total. The van der Waals surface area contributed by atoms with Crippen molar-refractivity contribution in [2.45, 2.75) is 27.7 Å². The van der Waals surface area contributed by atoms with E-state index in [-0.39, 0.29) is 11.4 Å². The van der Waals surface area contributed by atoms with Crippen LogP contribution in [0.1, 0.15) is 35.3 Å². The molecule has 0 atom stereocenters. The molecule has 0 fully saturated rings. The quantitative estimate of drug-likeness (QED) is 0.516. The van der Waals surface area contributed by atoms with Crippen LogP contribution in [0.25, 0.3) is 11.3 Å². The number of pyridine rings is 1. The second-order valence-corrected chi connectivity index (χ2v) is 7.56. The van der Waals surface area contributed by atoms with Crippen LogP contribution in [0.3, 0.4) is 0 Å². The molecule has 1 heterocycles. The first-order chi connectivity index (χ1) is 14.2. The Morgan fingerprint density at radius 2 is 1.80 bits per heavy atom. The maximum atomic E-state index is 14.2. The number of nitrogens with zero attached hydrogens (tertiary/aromatic N) is 1. The Morgan fingerprint density at radius 3 is 2.43 bits per heavy atom. The number of ether oxygens (including phenoxy) is 2. The highest BCUT2D eigenvalue weighted by molar-refractivity contribution is 5.90. The summed E-state index contributed by atoms with van der Waals surface area (Å²) in [5.74, 6) is -0.443. The molecule has 0 aliphatic rings. The lowest BCUT2D eigenvalue weighted by molar-refractivity contribution is 0.0693. The van der Waals surface area contributed by atoms with Gasteiger partial charge in [0.1, 0.15) is 22.9 Å². The number of hydrogen-bond acceptors (Lipinski definition) is 4. The Balaban J connectivity index is 2.03. The molecule has 0 saturated carbocycles. The lowest BCUT2D eigenvalue weighted by Crippen LogP contribution is -2.05. The van der Waals surface area contributed by atoms with E-state index in [4.69, 9.17) is 9.47 Å². The standard InChI is InChI=1S/C24H24FNO4/c1-14(2)13-29-19-11-17(10-18(25)12-19)21-9-8-20(24(27)28)23(26-21)30-22-15(3)6-5-7-16(22)4/h5-12,14H,13H2,1-4H3,(H,27,28). The van der Waals surface area contributed by atoms with Crippen LogP contribution in [0, 0.1) is 25.6 Å². The SMILES string of the molecule is Cc1cccc(C)c1Oc1nc(-c2cc(F)cc(OCC(C)C)c2)ccc1C(=O)O. The average molecular weight is 409 g/mol. The van der Waals surface area contributed by atoms with E-state index in [0.717, 1.165) is 11.1 Å². The second kappa shape index (κ2) is 8.95. The largest absolute Gasteiger partial charge is 0.493 e. The highest BCUT2D eigenvalue weighted by Crippen LogP contribution is 2.32. The summed E-state index contributed by atoms with van der Waals surface area (Å²) in [6.07, 6.45) is 0. The van der Waals surface area contributed by atoms with Gasteiger partial charge in [-0.15, -0.1) is 0 Å². The molecule has 0 aliphatic heterocycles. The number of aromatic carboxylic acids is 1. The summed E-state index contributed by atoms with van der Waals surface area (Å²) in [5.41, 5.74) is 2.49. The van der Waals surface area contributed by atoms with Gasteiger partial charge in [0, 0.05) is 11.6 Å². The van der Waals surface area contributed by atoms with Gasteiger partial charge in [0.05, 0.1) is 12.3 Å². The van der Waals surface area contributed by atoms with Gasteiger partial charge in [-0.1, -0.05) is 32.0 Å². The van der Waals surface area contributed by atoms with Crippen LogP contribution in [0.2, 0.25) is 0 Å². The molecule has 1 N–H and O–H groups in total. The Bertz CT molecular complexity index is 1060. The number of hydrogen-bond donors (Lipinski definition) is 1. The third kappa shape index (κ3) is 4.95. The predicted octanol–water partition coefficient (Wildman–Crippen LogP) is 6.03. The first kappa shape index (κ1) is 21.3. The van der Waals surface area contributed by atoms with Crippen molar-refractivity contribution in [2.24, 2.45) is 5.92 Å². The van der Waals surface area contributed by atoms with Crippen LogP contribution >= 0.6 is 0 Å². The molecule has 30 heavy (non-hydrogen) atoms. The summed E-state index contributed by atoms with van der Waals surface area (Å²) >= 11 is 0. The highest BCUT2D eigenvalue weighted by atomic mass is 19.1. The summed E-state index contributed by atoms with van der Waals surface area (Å²) in [5, 5.41) is 9.55. The number of aryl methyl sites for hydroxylation is 2. The molecule has 0 saturated heterocycles. The number of carboxylic acids is 1. The summed E-state index contributed by atoms with van der Waals surface area (Å²) in [4.78, 5) is 16.1. The van der Waals surface area contributed by atoms with Crippen LogP contribution in [0.4, 0.5) is 4.39 Å². The fourth-order valence-corrected chi connectivity index (χ4v) is 2.96. The van der Waals surface area contributed by atoms with Crippen LogP contribution in [-0.2, 0) is 0 Å². The topological polar surface area (TPSA) is 68.7 Å². The first-order valence-electron chi connectivity index (χ1n) is 9.66. The molecule has 1 aromatic heterocycles. The van der Waals surface area contributed by atoms with E-state index in [1.165, 1.54) is 24.3 Å². The van der Waals surface area contributed by atoms with Gasteiger partial charge < -0.3 is 14.6 Å². The van der Waals surface area contributed by atoms with E-state index in [2.05, 4.69) is 4.98 Å². The molecule has 156 valence electrons. The van der Waals surface area contributed by atoms with Gasteiger partial charge in [0.2, 0.25) is 5.88 Å². The van der Waals surface area contributed by atoms with Crippen LogP contribution in [0.5, 0.6) is 17.4 Å². The van der Waals surface area contributed by atoms with Crippen LogP contribution in [-0.4, -0.2) is 22.7 Å². The minimum Gasteiger partial charge on any atom is -0.493 e. The zero-order valence-corrected chi connectivity index (χ0v) is 17.4. The molecule has 0 radical (unpaired) electrons. The Kier molecular flexibility index (Phi) is 6.35. The van der Waals surface area contributed by atoms with Crippen molar-refractivity contribution in [3.63, 3.8) is 0 Å². The lowest BCUT2D eigenvalue weighted by Gasteiger charge is -2.14.